The zero-order valence-electron chi connectivity index (χ0n) is 13.6. The third-order valence-corrected chi connectivity index (χ3v) is 5.27. The summed E-state index contributed by atoms with van der Waals surface area (Å²) >= 11 is 5.59. The molecule has 1 aliphatic carbocycles. The van der Waals surface area contributed by atoms with Crippen LogP contribution in [0.4, 0.5) is 4.39 Å². The third-order valence-electron chi connectivity index (χ3n) is 4.38. The van der Waals surface area contributed by atoms with Gasteiger partial charge in [0.1, 0.15) is 0 Å². The molecule has 2 radical (unpaired) electrons. The molecule has 1 fully saturated rings. The van der Waals surface area contributed by atoms with Crippen LogP contribution in [0.3, 0.4) is 0 Å². The van der Waals surface area contributed by atoms with Crippen molar-refractivity contribution in [2.75, 3.05) is 0 Å². The second-order valence-electron chi connectivity index (χ2n) is 6.02. The van der Waals surface area contributed by atoms with E-state index < -0.39 is 5.82 Å². The Morgan fingerprint density at radius 1 is 1.04 bits per heavy atom. The number of ether oxygens (including phenoxy) is 1. The van der Waals surface area contributed by atoms with Crippen molar-refractivity contribution in [2.24, 2.45) is 0 Å². The van der Waals surface area contributed by atoms with Crippen LogP contribution < -0.4 is 9.22 Å². The number of halogens is 2. The van der Waals surface area contributed by atoms with Crippen molar-refractivity contribution in [1.82, 2.24) is 19.9 Å². The van der Waals surface area contributed by atoms with Gasteiger partial charge in [-0.3, -0.25) is 0 Å². The molecule has 26 heavy (non-hydrogen) atoms. The molecular formula is C18H13AsBrFN4O. The summed E-state index contributed by atoms with van der Waals surface area (Å²) in [5, 5.41) is 0. The van der Waals surface area contributed by atoms with E-state index in [2.05, 4.69) is 52.7 Å². The van der Waals surface area contributed by atoms with E-state index >= 15 is 4.39 Å². The molecule has 1 aromatic carbocycles. The summed E-state index contributed by atoms with van der Waals surface area (Å²) in [6.45, 7) is 0. The van der Waals surface area contributed by atoms with E-state index in [9.17, 15) is 0 Å². The molecule has 3 aromatic rings. The predicted molar refractivity (Wildman–Crippen MR) is 99.2 cm³/mol. The molecular weight excluding hydrogens is 462 g/mol. The van der Waals surface area contributed by atoms with Gasteiger partial charge in [0.25, 0.3) is 0 Å². The van der Waals surface area contributed by atoms with E-state index in [1.807, 2.05) is 6.07 Å². The maximum atomic E-state index is 15.3. The molecule has 4 rings (SSSR count). The molecule has 1 saturated carbocycles. The van der Waals surface area contributed by atoms with Gasteiger partial charge in [0.05, 0.1) is 0 Å². The van der Waals surface area contributed by atoms with Gasteiger partial charge in [-0.1, -0.05) is 0 Å². The number of rotatable bonds is 4. The van der Waals surface area contributed by atoms with E-state index in [-0.39, 0.29) is 11.8 Å². The standard InChI is InChI=1S/C18H13AsBrFN4O/c19-15-9-22-14(8-23-15)13-5-4-12(10-2-1-3-10)17(16(13)21)26-18-24-6-11(20)7-25-18/h4-10H,1-3H2. The molecule has 2 aromatic heterocycles. The first-order chi connectivity index (χ1) is 12.6. The van der Waals surface area contributed by atoms with Gasteiger partial charge in [0, 0.05) is 0 Å². The van der Waals surface area contributed by atoms with E-state index in [0.29, 0.717) is 21.7 Å². The quantitative estimate of drug-likeness (QED) is 0.539. The summed E-state index contributed by atoms with van der Waals surface area (Å²) in [7, 11) is 0. The molecule has 130 valence electrons. The van der Waals surface area contributed by atoms with Crippen molar-refractivity contribution in [2.45, 2.75) is 25.2 Å². The van der Waals surface area contributed by atoms with E-state index in [4.69, 9.17) is 4.74 Å². The normalized spacial score (nSPS) is 14.1. The predicted octanol–water partition coefficient (Wildman–Crippen LogP) is 3.69. The Hall–Kier alpha value is -1.85. The Labute approximate surface area is 167 Å². The fraction of sp³-hybridized carbons (Fsp3) is 0.222. The van der Waals surface area contributed by atoms with Crippen LogP contribution in [0.1, 0.15) is 30.7 Å². The zero-order valence-corrected chi connectivity index (χ0v) is 17.0. The molecule has 2 heterocycles. The van der Waals surface area contributed by atoms with Crippen LogP contribution in [0.5, 0.6) is 11.8 Å². The summed E-state index contributed by atoms with van der Waals surface area (Å²) in [5.74, 6) is 0.00615. The molecule has 1 aliphatic rings. The van der Waals surface area contributed by atoms with Crippen molar-refractivity contribution in [3.05, 3.63) is 52.8 Å². The summed E-state index contributed by atoms with van der Waals surface area (Å²) in [4.78, 5) is 16.6. The monoisotopic (exact) mass is 474 g/mol. The fourth-order valence-corrected chi connectivity index (χ4v) is 3.27. The molecule has 0 amide bonds. The Bertz CT molecular complexity index is 933. The van der Waals surface area contributed by atoms with Gasteiger partial charge in [-0.25, -0.2) is 0 Å². The minimum absolute atomic E-state index is 0.108. The summed E-state index contributed by atoms with van der Waals surface area (Å²) < 4.78 is 22.6. The Morgan fingerprint density at radius 3 is 2.42 bits per heavy atom. The van der Waals surface area contributed by atoms with Gasteiger partial charge < -0.3 is 0 Å². The maximum absolute atomic E-state index is 15.3. The molecule has 8 heteroatoms. The van der Waals surface area contributed by atoms with E-state index in [1.54, 1.807) is 30.9 Å². The van der Waals surface area contributed by atoms with E-state index in [1.165, 1.54) is 0 Å². The van der Waals surface area contributed by atoms with Gasteiger partial charge in [0.15, 0.2) is 0 Å². The molecule has 0 atom stereocenters. The second kappa shape index (κ2) is 7.41. The summed E-state index contributed by atoms with van der Waals surface area (Å²) in [5.41, 5.74) is 1.65. The molecule has 0 spiro atoms. The van der Waals surface area contributed by atoms with Crippen molar-refractivity contribution in [1.29, 1.82) is 0 Å². The first-order valence-corrected chi connectivity index (χ1v) is 9.84. The Morgan fingerprint density at radius 2 is 1.81 bits per heavy atom. The van der Waals surface area contributed by atoms with Crippen LogP contribution in [0.25, 0.3) is 11.3 Å². The minimum atomic E-state index is -0.464. The average molecular weight is 475 g/mol. The summed E-state index contributed by atoms with van der Waals surface area (Å²) in [6.07, 6.45) is 9.47. The van der Waals surface area contributed by atoms with Crippen LogP contribution in [0.2, 0.25) is 0 Å². The van der Waals surface area contributed by atoms with Gasteiger partial charge in [-0.2, -0.15) is 0 Å². The van der Waals surface area contributed by atoms with E-state index in [0.717, 1.165) is 29.3 Å². The molecule has 0 unspecified atom stereocenters. The number of hydrogen-bond donors (Lipinski definition) is 0. The molecule has 0 N–H and O–H groups in total. The molecule has 0 aliphatic heterocycles. The van der Waals surface area contributed by atoms with Gasteiger partial charge in [-0.05, 0) is 15.9 Å². The van der Waals surface area contributed by atoms with Gasteiger partial charge in [-0.15, -0.1) is 0 Å². The van der Waals surface area contributed by atoms with Gasteiger partial charge >= 0.3 is 151 Å². The number of nitrogens with zero attached hydrogens (tertiary/aromatic N) is 4. The fourth-order valence-electron chi connectivity index (χ4n) is 2.82. The first-order valence-electron chi connectivity index (χ1n) is 8.11. The molecule has 0 saturated heterocycles. The zero-order chi connectivity index (χ0) is 18.1. The SMILES string of the molecule is Fc1c(-c2cnc([As])cn2)ccc(C2CCC2)c1Oc1ncc(Br)cn1. The number of benzene rings is 1. The number of hydrogen-bond acceptors (Lipinski definition) is 5. The van der Waals surface area contributed by atoms with Crippen LogP contribution in [0, 0.1) is 5.82 Å². The first kappa shape index (κ1) is 17.6. The molecule has 0 bridgehead atoms. The van der Waals surface area contributed by atoms with Crippen LogP contribution in [-0.2, 0) is 0 Å². The van der Waals surface area contributed by atoms with Crippen molar-refractivity contribution in [3.8, 4) is 23.0 Å². The second-order valence-corrected chi connectivity index (χ2v) is 7.90. The van der Waals surface area contributed by atoms with Gasteiger partial charge in [0.2, 0.25) is 0 Å². The van der Waals surface area contributed by atoms with Crippen molar-refractivity contribution >= 4 is 37.3 Å². The summed E-state index contributed by atoms with van der Waals surface area (Å²) in [6, 6.07) is 3.76. The Balaban J connectivity index is 1.78. The van der Waals surface area contributed by atoms with Crippen LogP contribution in [-0.4, -0.2) is 36.8 Å². The van der Waals surface area contributed by atoms with Crippen molar-refractivity contribution in [3.63, 3.8) is 0 Å². The Kier molecular flexibility index (Phi) is 5.00. The van der Waals surface area contributed by atoms with Crippen LogP contribution in [0.15, 0.2) is 41.4 Å². The topological polar surface area (TPSA) is 60.8 Å². The number of aromatic nitrogens is 4. The van der Waals surface area contributed by atoms with Crippen LogP contribution >= 0.6 is 15.9 Å². The molecule has 5 nitrogen and oxygen atoms in total. The third kappa shape index (κ3) is 3.51. The van der Waals surface area contributed by atoms with Crippen molar-refractivity contribution < 1.29 is 9.13 Å². The average Bonchev–Trinajstić information content (AvgIpc) is 2.59.